The molecule has 0 radical (unpaired) electrons. The fourth-order valence-corrected chi connectivity index (χ4v) is 4.18. The summed E-state index contributed by atoms with van der Waals surface area (Å²) in [4.78, 5) is 0. The lowest BCUT2D eigenvalue weighted by Crippen LogP contribution is -2.44. The van der Waals surface area contributed by atoms with Gasteiger partial charge in [-0.1, -0.05) is 0 Å². The monoisotopic (exact) mass is 379 g/mol. The van der Waals surface area contributed by atoms with Crippen LogP contribution in [0.5, 0.6) is 0 Å². The zero-order valence-corrected chi connectivity index (χ0v) is 14.2. The molecule has 0 amide bonds. The van der Waals surface area contributed by atoms with E-state index in [9.17, 15) is 12.8 Å². The Hall–Kier alpha value is -0.700. The van der Waals surface area contributed by atoms with Crippen LogP contribution in [-0.2, 0) is 10.2 Å². The third kappa shape index (κ3) is 4.38. The van der Waals surface area contributed by atoms with E-state index in [1.165, 1.54) is 22.5 Å². The Kier molecular flexibility index (Phi) is 5.59. The molecule has 1 aromatic rings. The van der Waals surface area contributed by atoms with E-state index in [2.05, 4.69) is 26.0 Å². The Morgan fingerprint density at radius 1 is 1.48 bits per heavy atom. The second kappa shape index (κ2) is 7.04. The van der Waals surface area contributed by atoms with E-state index in [1.54, 1.807) is 0 Å². The van der Waals surface area contributed by atoms with Crippen molar-refractivity contribution in [2.75, 3.05) is 31.4 Å². The molecule has 1 saturated heterocycles. The fraction of sp³-hybridized carbons (Fsp3) is 0.538. The highest BCUT2D eigenvalue weighted by Gasteiger charge is 2.28. The van der Waals surface area contributed by atoms with Crippen molar-refractivity contribution in [3.05, 3.63) is 28.5 Å². The van der Waals surface area contributed by atoms with E-state index in [1.807, 2.05) is 7.05 Å². The molecule has 0 aliphatic carbocycles. The van der Waals surface area contributed by atoms with Gasteiger partial charge in [0.25, 0.3) is 0 Å². The molecule has 1 atom stereocenters. The van der Waals surface area contributed by atoms with E-state index in [0.717, 1.165) is 19.4 Å². The number of rotatable bonds is 5. The van der Waals surface area contributed by atoms with Crippen molar-refractivity contribution in [3.8, 4) is 0 Å². The third-order valence-electron chi connectivity index (χ3n) is 3.48. The number of hydrogen-bond donors (Lipinski definition) is 2. The third-order valence-corrected chi connectivity index (χ3v) is 5.59. The Balaban J connectivity index is 2.08. The first-order valence-corrected chi connectivity index (χ1v) is 9.03. The summed E-state index contributed by atoms with van der Waals surface area (Å²) >= 11 is 3.05. The minimum Gasteiger partial charge on any atom is -0.319 e. The summed E-state index contributed by atoms with van der Waals surface area (Å²) in [6.07, 6.45) is 1.87. The van der Waals surface area contributed by atoms with Crippen molar-refractivity contribution in [3.63, 3.8) is 0 Å². The van der Waals surface area contributed by atoms with Gasteiger partial charge < -0.3 is 5.32 Å². The second-order valence-corrected chi connectivity index (χ2v) is 7.68. The lowest BCUT2D eigenvalue weighted by atomic mass is 10.00. The molecule has 1 unspecified atom stereocenters. The highest BCUT2D eigenvalue weighted by Crippen LogP contribution is 2.23. The van der Waals surface area contributed by atoms with Crippen LogP contribution in [0.2, 0.25) is 0 Å². The van der Waals surface area contributed by atoms with Crippen LogP contribution in [0.15, 0.2) is 22.7 Å². The number of benzene rings is 1. The summed E-state index contributed by atoms with van der Waals surface area (Å²) in [6, 6.07) is 4.05. The van der Waals surface area contributed by atoms with Gasteiger partial charge in [-0.2, -0.15) is 12.7 Å². The summed E-state index contributed by atoms with van der Waals surface area (Å²) < 4.78 is 42.1. The molecule has 2 rings (SSSR count). The number of nitrogens with one attached hydrogen (secondary N) is 2. The zero-order valence-electron chi connectivity index (χ0n) is 11.8. The Bertz CT molecular complexity index is 595. The Morgan fingerprint density at radius 2 is 2.24 bits per heavy atom. The topological polar surface area (TPSA) is 61.4 Å². The van der Waals surface area contributed by atoms with Gasteiger partial charge in [-0.3, -0.25) is 4.72 Å². The highest BCUT2D eigenvalue weighted by atomic mass is 79.9. The van der Waals surface area contributed by atoms with Crippen LogP contribution in [-0.4, -0.2) is 39.4 Å². The molecule has 1 fully saturated rings. The molecule has 0 saturated carbocycles. The first-order valence-electron chi connectivity index (χ1n) is 6.80. The van der Waals surface area contributed by atoms with E-state index >= 15 is 0 Å². The van der Waals surface area contributed by atoms with Crippen molar-refractivity contribution < 1.29 is 12.8 Å². The summed E-state index contributed by atoms with van der Waals surface area (Å²) in [5, 5.41) is 3.08. The fourth-order valence-electron chi connectivity index (χ4n) is 2.47. The molecule has 2 N–H and O–H groups in total. The first kappa shape index (κ1) is 16.7. The van der Waals surface area contributed by atoms with Gasteiger partial charge >= 0.3 is 10.2 Å². The Morgan fingerprint density at radius 3 is 2.90 bits per heavy atom. The molecule has 118 valence electrons. The largest absolute Gasteiger partial charge is 0.319 e. The van der Waals surface area contributed by atoms with Crippen LogP contribution in [0.1, 0.15) is 12.8 Å². The Labute approximate surface area is 133 Å². The number of piperidine rings is 1. The molecule has 0 aromatic heterocycles. The summed E-state index contributed by atoms with van der Waals surface area (Å²) in [5.74, 6) is -0.106. The van der Waals surface area contributed by atoms with Crippen LogP contribution < -0.4 is 10.0 Å². The van der Waals surface area contributed by atoms with E-state index in [4.69, 9.17) is 0 Å². The van der Waals surface area contributed by atoms with Gasteiger partial charge in [0.15, 0.2) is 0 Å². The van der Waals surface area contributed by atoms with Gasteiger partial charge in [0.1, 0.15) is 5.82 Å². The highest BCUT2D eigenvalue weighted by molar-refractivity contribution is 9.10. The SMILES string of the molecule is CNCC1CCCN(S(=O)(=O)Nc2ccc(F)c(Br)c2)C1. The summed E-state index contributed by atoms with van der Waals surface area (Å²) in [5.41, 5.74) is 0.346. The minimum absolute atomic E-state index is 0.231. The molecule has 8 heteroatoms. The number of hydrogen-bond acceptors (Lipinski definition) is 3. The number of nitrogens with zero attached hydrogens (tertiary/aromatic N) is 1. The summed E-state index contributed by atoms with van der Waals surface area (Å²) in [7, 11) is -1.74. The molecule has 1 aliphatic heterocycles. The average molecular weight is 380 g/mol. The van der Waals surface area contributed by atoms with Crippen molar-refractivity contribution in [1.82, 2.24) is 9.62 Å². The second-order valence-electron chi connectivity index (χ2n) is 5.16. The molecular formula is C13H19BrFN3O2S. The smallest absolute Gasteiger partial charge is 0.301 e. The van der Waals surface area contributed by atoms with Gasteiger partial charge in [-0.15, -0.1) is 0 Å². The van der Waals surface area contributed by atoms with Crippen LogP contribution >= 0.6 is 15.9 Å². The molecule has 1 heterocycles. The minimum atomic E-state index is -3.60. The molecular weight excluding hydrogens is 361 g/mol. The van der Waals surface area contributed by atoms with Crippen molar-refractivity contribution in [2.45, 2.75) is 12.8 Å². The van der Waals surface area contributed by atoms with Crippen molar-refractivity contribution in [1.29, 1.82) is 0 Å². The number of halogens is 2. The normalized spacial score (nSPS) is 20.4. The van der Waals surface area contributed by atoms with E-state index in [0.29, 0.717) is 24.7 Å². The maximum absolute atomic E-state index is 13.2. The van der Waals surface area contributed by atoms with Gasteiger partial charge in [-0.25, -0.2) is 4.39 Å². The molecule has 1 aromatic carbocycles. The molecule has 0 bridgehead atoms. The van der Waals surface area contributed by atoms with Gasteiger partial charge in [-0.05, 0) is 66.5 Å². The molecule has 1 aliphatic rings. The van der Waals surface area contributed by atoms with Crippen LogP contribution in [0.3, 0.4) is 0 Å². The lowest BCUT2D eigenvalue weighted by Gasteiger charge is -2.31. The van der Waals surface area contributed by atoms with Crippen LogP contribution in [0, 0.1) is 11.7 Å². The average Bonchev–Trinajstić information content (AvgIpc) is 2.43. The zero-order chi connectivity index (χ0) is 15.5. The van der Waals surface area contributed by atoms with Gasteiger partial charge in [0.2, 0.25) is 0 Å². The van der Waals surface area contributed by atoms with E-state index < -0.39 is 16.0 Å². The quantitative estimate of drug-likeness (QED) is 0.823. The predicted octanol–water partition coefficient (Wildman–Crippen LogP) is 2.18. The molecule has 21 heavy (non-hydrogen) atoms. The maximum atomic E-state index is 13.2. The standard InChI is InChI=1S/C13H19BrFN3O2S/c1-16-8-10-3-2-6-18(9-10)21(19,20)17-11-4-5-13(15)12(14)7-11/h4-5,7,10,16-17H,2-3,6,8-9H2,1H3. The lowest BCUT2D eigenvalue weighted by molar-refractivity contribution is 0.264. The molecule has 5 nitrogen and oxygen atoms in total. The molecule has 0 spiro atoms. The summed E-state index contributed by atoms with van der Waals surface area (Å²) in [6.45, 7) is 1.81. The maximum Gasteiger partial charge on any atom is 0.301 e. The number of anilines is 1. The van der Waals surface area contributed by atoms with Crippen molar-refractivity contribution in [2.24, 2.45) is 5.92 Å². The van der Waals surface area contributed by atoms with Crippen LogP contribution in [0.4, 0.5) is 10.1 Å². The van der Waals surface area contributed by atoms with Crippen LogP contribution in [0.25, 0.3) is 0 Å². The van der Waals surface area contributed by atoms with Gasteiger partial charge in [0, 0.05) is 13.1 Å². The van der Waals surface area contributed by atoms with Gasteiger partial charge in [0.05, 0.1) is 10.2 Å². The van der Waals surface area contributed by atoms with Crippen molar-refractivity contribution >= 4 is 31.8 Å². The first-order chi connectivity index (χ1) is 9.92. The van der Waals surface area contributed by atoms with E-state index in [-0.39, 0.29) is 4.47 Å². The predicted molar refractivity (Wildman–Crippen MR) is 84.9 cm³/mol.